The highest BCUT2D eigenvalue weighted by molar-refractivity contribution is 5.43. The SMILES string of the molecule is CCN(c1nccnc1CN)C(C)COC. The highest BCUT2D eigenvalue weighted by Crippen LogP contribution is 2.17. The quantitative estimate of drug-likeness (QED) is 0.774. The van der Waals surface area contributed by atoms with Gasteiger partial charge in [0, 0.05) is 32.6 Å². The molecule has 0 spiro atoms. The van der Waals surface area contributed by atoms with Crippen LogP contribution in [0.5, 0.6) is 0 Å². The van der Waals surface area contributed by atoms with Crippen LogP contribution in [0.3, 0.4) is 0 Å². The predicted octanol–water partition coefficient (Wildman–Crippen LogP) is 0.796. The summed E-state index contributed by atoms with van der Waals surface area (Å²) in [4.78, 5) is 10.7. The molecule has 2 N–H and O–H groups in total. The molecule has 1 aromatic heterocycles. The van der Waals surface area contributed by atoms with Crippen LogP contribution in [-0.2, 0) is 11.3 Å². The summed E-state index contributed by atoms with van der Waals surface area (Å²) in [6.07, 6.45) is 3.36. The lowest BCUT2D eigenvalue weighted by Crippen LogP contribution is -2.37. The van der Waals surface area contributed by atoms with Crippen molar-refractivity contribution in [2.75, 3.05) is 25.2 Å². The molecule has 0 aliphatic rings. The zero-order chi connectivity index (χ0) is 12.0. The smallest absolute Gasteiger partial charge is 0.151 e. The zero-order valence-corrected chi connectivity index (χ0v) is 10.2. The van der Waals surface area contributed by atoms with Gasteiger partial charge in [-0.2, -0.15) is 0 Å². The third kappa shape index (κ3) is 2.90. The van der Waals surface area contributed by atoms with Crippen molar-refractivity contribution in [1.82, 2.24) is 9.97 Å². The van der Waals surface area contributed by atoms with Crippen molar-refractivity contribution in [2.24, 2.45) is 5.73 Å². The van der Waals surface area contributed by atoms with E-state index < -0.39 is 0 Å². The van der Waals surface area contributed by atoms with Gasteiger partial charge in [0.1, 0.15) is 0 Å². The number of likely N-dealkylation sites (N-methyl/N-ethyl adjacent to an activating group) is 1. The third-order valence-corrected chi connectivity index (χ3v) is 2.50. The van der Waals surface area contributed by atoms with E-state index in [0.717, 1.165) is 18.1 Å². The van der Waals surface area contributed by atoms with Crippen molar-refractivity contribution in [1.29, 1.82) is 0 Å². The second-order valence-corrected chi connectivity index (χ2v) is 3.62. The van der Waals surface area contributed by atoms with E-state index in [2.05, 4.69) is 28.7 Å². The molecule has 1 atom stereocenters. The van der Waals surface area contributed by atoms with E-state index in [4.69, 9.17) is 10.5 Å². The second-order valence-electron chi connectivity index (χ2n) is 3.62. The summed E-state index contributed by atoms with van der Waals surface area (Å²) in [6, 6.07) is 0.261. The molecular formula is C11H20N4O. The summed E-state index contributed by atoms with van der Waals surface area (Å²) < 4.78 is 5.16. The van der Waals surface area contributed by atoms with E-state index in [1.165, 1.54) is 0 Å². The second kappa shape index (κ2) is 6.40. The van der Waals surface area contributed by atoms with E-state index >= 15 is 0 Å². The molecule has 0 saturated carbocycles. The van der Waals surface area contributed by atoms with Gasteiger partial charge in [0.2, 0.25) is 0 Å². The van der Waals surface area contributed by atoms with Crippen LogP contribution < -0.4 is 10.6 Å². The Hall–Kier alpha value is -1.20. The molecule has 0 saturated heterocycles. The Labute approximate surface area is 96.6 Å². The minimum atomic E-state index is 0.261. The standard InChI is InChI=1S/C11H20N4O/c1-4-15(9(2)8-16-3)11-10(7-12)13-5-6-14-11/h5-6,9H,4,7-8,12H2,1-3H3. The van der Waals surface area contributed by atoms with Gasteiger partial charge in [-0.3, -0.25) is 4.98 Å². The van der Waals surface area contributed by atoms with Gasteiger partial charge in [0.05, 0.1) is 18.3 Å². The number of anilines is 1. The van der Waals surface area contributed by atoms with Gasteiger partial charge >= 0.3 is 0 Å². The largest absolute Gasteiger partial charge is 0.383 e. The fraction of sp³-hybridized carbons (Fsp3) is 0.636. The number of nitrogens with zero attached hydrogens (tertiary/aromatic N) is 3. The van der Waals surface area contributed by atoms with Crippen molar-refractivity contribution in [3.05, 3.63) is 18.1 Å². The van der Waals surface area contributed by atoms with Crippen molar-refractivity contribution in [3.63, 3.8) is 0 Å². The maximum absolute atomic E-state index is 5.66. The number of hydrogen-bond acceptors (Lipinski definition) is 5. The fourth-order valence-electron chi connectivity index (χ4n) is 1.74. The van der Waals surface area contributed by atoms with Crippen molar-refractivity contribution >= 4 is 5.82 Å². The molecule has 1 aromatic rings. The van der Waals surface area contributed by atoms with Crippen molar-refractivity contribution < 1.29 is 4.74 Å². The lowest BCUT2D eigenvalue weighted by Gasteiger charge is -2.29. The highest BCUT2D eigenvalue weighted by atomic mass is 16.5. The van der Waals surface area contributed by atoms with E-state index in [9.17, 15) is 0 Å². The summed E-state index contributed by atoms with van der Waals surface area (Å²) in [6.45, 7) is 6.10. The van der Waals surface area contributed by atoms with Crippen LogP contribution in [-0.4, -0.2) is 36.3 Å². The summed E-state index contributed by atoms with van der Waals surface area (Å²) in [5, 5.41) is 0. The lowest BCUT2D eigenvalue weighted by molar-refractivity contribution is 0.181. The van der Waals surface area contributed by atoms with E-state index in [-0.39, 0.29) is 6.04 Å². The molecule has 90 valence electrons. The first-order valence-corrected chi connectivity index (χ1v) is 5.50. The van der Waals surface area contributed by atoms with E-state index in [1.54, 1.807) is 19.5 Å². The van der Waals surface area contributed by atoms with Gasteiger partial charge in [0.25, 0.3) is 0 Å². The first kappa shape index (κ1) is 12.9. The normalized spacial score (nSPS) is 12.5. The molecule has 0 radical (unpaired) electrons. The van der Waals surface area contributed by atoms with Crippen LogP contribution >= 0.6 is 0 Å². The Kier molecular flexibility index (Phi) is 5.14. The molecule has 5 heteroatoms. The molecule has 0 aromatic carbocycles. The summed E-state index contributed by atoms with van der Waals surface area (Å²) in [5.74, 6) is 0.858. The van der Waals surface area contributed by atoms with Gasteiger partial charge in [-0.1, -0.05) is 0 Å². The maximum Gasteiger partial charge on any atom is 0.151 e. The zero-order valence-electron chi connectivity index (χ0n) is 10.2. The van der Waals surface area contributed by atoms with E-state index in [1.807, 2.05) is 0 Å². The fourth-order valence-corrected chi connectivity index (χ4v) is 1.74. The summed E-state index contributed by atoms with van der Waals surface area (Å²) in [7, 11) is 1.70. The van der Waals surface area contributed by atoms with Gasteiger partial charge in [-0.05, 0) is 13.8 Å². The Morgan fingerprint density at radius 2 is 2.12 bits per heavy atom. The monoisotopic (exact) mass is 224 g/mol. The van der Waals surface area contributed by atoms with Crippen molar-refractivity contribution in [3.8, 4) is 0 Å². The van der Waals surface area contributed by atoms with Crippen LogP contribution in [0.25, 0.3) is 0 Å². The number of aromatic nitrogens is 2. The maximum atomic E-state index is 5.66. The van der Waals surface area contributed by atoms with Gasteiger partial charge in [-0.25, -0.2) is 4.98 Å². The Bertz CT molecular complexity index is 319. The minimum absolute atomic E-state index is 0.261. The predicted molar refractivity (Wildman–Crippen MR) is 64.3 cm³/mol. The molecule has 1 unspecified atom stereocenters. The molecule has 0 fully saturated rings. The topological polar surface area (TPSA) is 64.3 Å². The van der Waals surface area contributed by atoms with Gasteiger partial charge in [0.15, 0.2) is 5.82 Å². The van der Waals surface area contributed by atoms with E-state index in [0.29, 0.717) is 13.2 Å². The summed E-state index contributed by atoms with van der Waals surface area (Å²) in [5.41, 5.74) is 6.48. The van der Waals surface area contributed by atoms with Crippen LogP contribution in [0.1, 0.15) is 19.5 Å². The first-order chi connectivity index (χ1) is 7.74. The molecule has 0 aliphatic carbocycles. The molecule has 1 rings (SSSR count). The molecule has 1 heterocycles. The summed E-state index contributed by atoms with van der Waals surface area (Å²) >= 11 is 0. The Morgan fingerprint density at radius 3 is 2.69 bits per heavy atom. The molecular weight excluding hydrogens is 204 g/mol. The Morgan fingerprint density at radius 1 is 1.44 bits per heavy atom. The average Bonchev–Trinajstić information content (AvgIpc) is 2.31. The van der Waals surface area contributed by atoms with Crippen LogP contribution in [0.15, 0.2) is 12.4 Å². The molecule has 5 nitrogen and oxygen atoms in total. The third-order valence-electron chi connectivity index (χ3n) is 2.50. The van der Waals surface area contributed by atoms with Crippen LogP contribution in [0.4, 0.5) is 5.82 Å². The van der Waals surface area contributed by atoms with Crippen LogP contribution in [0.2, 0.25) is 0 Å². The first-order valence-electron chi connectivity index (χ1n) is 5.50. The number of ether oxygens (including phenoxy) is 1. The van der Waals surface area contributed by atoms with Gasteiger partial charge in [-0.15, -0.1) is 0 Å². The van der Waals surface area contributed by atoms with Crippen molar-refractivity contribution in [2.45, 2.75) is 26.4 Å². The molecule has 0 amide bonds. The number of methoxy groups -OCH3 is 1. The van der Waals surface area contributed by atoms with Crippen LogP contribution in [0, 0.1) is 0 Å². The molecule has 0 bridgehead atoms. The minimum Gasteiger partial charge on any atom is -0.383 e. The Balaban J connectivity index is 2.93. The highest BCUT2D eigenvalue weighted by Gasteiger charge is 2.17. The molecule has 16 heavy (non-hydrogen) atoms. The number of nitrogens with two attached hydrogens (primary N) is 1. The molecule has 0 aliphatic heterocycles. The average molecular weight is 224 g/mol. The number of hydrogen-bond donors (Lipinski definition) is 1. The van der Waals surface area contributed by atoms with Gasteiger partial charge < -0.3 is 15.4 Å². The lowest BCUT2D eigenvalue weighted by atomic mass is 10.2. The number of rotatable bonds is 6.